The van der Waals surface area contributed by atoms with E-state index in [-0.39, 0.29) is 0 Å². The largest absolute Gasteiger partial charge is 0.497 e. The number of thioether (sulfide) groups is 1. The van der Waals surface area contributed by atoms with E-state index in [1.807, 2.05) is 11.8 Å². The molecule has 17 heavy (non-hydrogen) atoms. The predicted octanol–water partition coefficient (Wildman–Crippen LogP) is 4.72. The molecule has 0 aromatic heterocycles. The Balaban J connectivity index is 2.28. The summed E-state index contributed by atoms with van der Waals surface area (Å²) >= 11 is 1.95. The van der Waals surface area contributed by atoms with Crippen molar-refractivity contribution in [3.63, 3.8) is 0 Å². The highest BCUT2D eigenvalue weighted by Crippen LogP contribution is 2.24. The topological polar surface area (TPSA) is 9.23 Å². The fourth-order valence-electron chi connectivity index (χ4n) is 1.97. The average Bonchev–Trinajstić information content (AvgIpc) is 2.38. The Morgan fingerprint density at radius 1 is 1.12 bits per heavy atom. The zero-order valence-corrected chi connectivity index (χ0v) is 12.1. The van der Waals surface area contributed by atoms with Gasteiger partial charge in [0.15, 0.2) is 0 Å². The van der Waals surface area contributed by atoms with Gasteiger partial charge in [-0.25, -0.2) is 0 Å². The zero-order valence-electron chi connectivity index (χ0n) is 11.2. The minimum atomic E-state index is 0.662. The van der Waals surface area contributed by atoms with Crippen LogP contribution in [0.5, 0.6) is 5.75 Å². The van der Waals surface area contributed by atoms with E-state index in [2.05, 4.69) is 37.4 Å². The molecule has 1 aromatic carbocycles. The fraction of sp³-hybridized carbons (Fsp3) is 0.600. The van der Waals surface area contributed by atoms with Crippen molar-refractivity contribution in [3.8, 4) is 5.75 Å². The highest BCUT2D eigenvalue weighted by molar-refractivity contribution is 7.98. The van der Waals surface area contributed by atoms with Crippen molar-refractivity contribution in [1.82, 2.24) is 0 Å². The van der Waals surface area contributed by atoms with Crippen LogP contribution < -0.4 is 4.74 Å². The number of unbranched alkanes of at least 4 members (excludes halogenated alkanes) is 2. The second-order valence-corrected chi connectivity index (χ2v) is 5.50. The summed E-state index contributed by atoms with van der Waals surface area (Å²) in [6.45, 7) is 2.32. The Bertz CT molecular complexity index is 294. The van der Waals surface area contributed by atoms with Gasteiger partial charge in [0.25, 0.3) is 0 Å². The lowest BCUT2D eigenvalue weighted by molar-refractivity contribution is 0.414. The molecule has 0 fully saturated rings. The molecule has 0 aliphatic heterocycles. The normalized spacial score (nSPS) is 12.4. The van der Waals surface area contributed by atoms with Crippen LogP contribution in [0.2, 0.25) is 0 Å². The maximum atomic E-state index is 5.17. The molecule has 1 unspecified atom stereocenters. The van der Waals surface area contributed by atoms with Crippen LogP contribution in [0, 0.1) is 0 Å². The van der Waals surface area contributed by atoms with Crippen molar-refractivity contribution in [2.75, 3.05) is 19.1 Å². The first-order chi connectivity index (χ1) is 8.27. The Morgan fingerprint density at radius 2 is 1.82 bits per heavy atom. The zero-order chi connectivity index (χ0) is 12.5. The third-order valence-electron chi connectivity index (χ3n) is 3.17. The maximum absolute atomic E-state index is 5.17. The van der Waals surface area contributed by atoms with Gasteiger partial charge in [-0.2, -0.15) is 11.8 Å². The minimum absolute atomic E-state index is 0.662. The molecule has 1 nitrogen and oxygen atoms in total. The molecule has 0 N–H and O–H groups in total. The van der Waals surface area contributed by atoms with Crippen LogP contribution in [0.3, 0.4) is 0 Å². The van der Waals surface area contributed by atoms with E-state index in [0.717, 1.165) is 5.75 Å². The Hall–Kier alpha value is -0.630. The van der Waals surface area contributed by atoms with Gasteiger partial charge < -0.3 is 4.74 Å². The number of ether oxygens (including phenoxy) is 1. The lowest BCUT2D eigenvalue weighted by atomic mass is 9.95. The molecule has 0 heterocycles. The van der Waals surface area contributed by atoms with Gasteiger partial charge in [0.2, 0.25) is 0 Å². The van der Waals surface area contributed by atoms with Gasteiger partial charge in [-0.3, -0.25) is 0 Å². The van der Waals surface area contributed by atoms with Gasteiger partial charge in [-0.1, -0.05) is 31.9 Å². The van der Waals surface area contributed by atoms with E-state index in [1.165, 1.54) is 37.0 Å². The van der Waals surface area contributed by atoms with E-state index in [9.17, 15) is 0 Å². The number of benzene rings is 1. The standard InChI is InChI=1S/C15H24OS/c1-13(7-5-4-6-12-17-3)14-8-10-15(16-2)11-9-14/h8-11,13H,4-7,12H2,1-3H3. The van der Waals surface area contributed by atoms with Crippen molar-refractivity contribution < 1.29 is 4.74 Å². The summed E-state index contributed by atoms with van der Waals surface area (Å²) in [7, 11) is 1.71. The minimum Gasteiger partial charge on any atom is -0.497 e. The van der Waals surface area contributed by atoms with Crippen molar-refractivity contribution in [1.29, 1.82) is 0 Å². The number of hydrogen-bond donors (Lipinski definition) is 0. The van der Waals surface area contributed by atoms with Crippen LogP contribution in [0.15, 0.2) is 24.3 Å². The first-order valence-electron chi connectivity index (χ1n) is 6.40. The van der Waals surface area contributed by atoms with E-state index >= 15 is 0 Å². The van der Waals surface area contributed by atoms with Crippen molar-refractivity contribution in [3.05, 3.63) is 29.8 Å². The smallest absolute Gasteiger partial charge is 0.118 e. The second-order valence-electron chi connectivity index (χ2n) is 4.52. The lowest BCUT2D eigenvalue weighted by Gasteiger charge is -2.12. The molecular weight excluding hydrogens is 228 g/mol. The second kappa shape index (κ2) is 8.46. The molecule has 0 aliphatic carbocycles. The number of hydrogen-bond acceptors (Lipinski definition) is 2. The van der Waals surface area contributed by atoms with Crippen LogP contribution >= 0.6 is 11.8 Å². The van der Waals surface area contributed by atoms with Crippen LogP contribution in [0.4, 0.5) is 0 Å². The summed E-state index contributed by atoms with van der Waals surface area (Å²) in [6, 6.07) is 8.48. The molecular formula is C15H24OS. The van der Waals surface area contributed by atoms with Gasteiger partial charge in [0.05, 0.1) is 7.11 Å². The van der Waals surface area contributed by atoms with E-state index in [0.29, 0.717) is 5.92 Å². The summed E-state index contributed by atoms with van der Waals surface area (Å²) in [5, 5.41) is 0. The summed E-state index contributed by atoms with van der Waals surface area (Å²) in [5.74, 6) is 2.91. The van der Waals surface area contributed by atoms with Gasteiger partial charge in [0.1, 0.15) is 5.75 Å². The van der Waals surface area contributed by atoms with Gasteiger partial charge in [-0.15, -0.1) is 0 Å². The van der Waals surface area contributed by atoms with Crippen LogP contribution in [0.1, 0.15) is 44.1 Å². The Morgan fingerprint density at radius 3 is 2.41 bits per heavy atom. The number of methoxy groups -OCH3 is 1. The highest BCUT2D eigenvalue weighted by Gasteiger charge is 2.05. The quantitative estimate of drug-likeness (QED) is 0.619. The predicted molar refractivity (Wildman–Crippen MR) is 78.3 cm³/mol. The molecule has 1 aromatic rings. The molecule has 0 aliphatic rings. The van der Waals surface area contributed by atoms with Crippen molar-refractivity contribution in [2.24, 2.45) is 0 Å². The Labute approximate surface area is 110 Å². The van der Waals surface area contributed by atoms with Gasteiger partial charge in [-0.05, 0) is 48.5 Å². The molecule has 1 rings (SSSR count). The summed E-state index contributed by atoms with van der Waals surface area (Å²) in [4.78, 5) is 0. The van der Waals surface area contributed by atoms with Crippen molar-refractivity contribution >= 4 is 11.8 Å². The van der Waals surface area contributed by atoms with Crippen LogP contribution in [-0.4, -0.2) is 19.1 Å². The Kier molecular flexibility index (Phi) is 7.18. The monoisotopic (exact) mass is 252 g/mol. The van der Waals surface area contributed by atoms with E-state index in [1.54, 1.807) is 7.11 Å². The molecule has 2 heteroatoms. The van der Waals surface area contributed by atoms with Gasteiger partial charge >= 0.3 is 0 Å². The first-order valence-corrected chi connectivity index (χ1v) is 7.80. The van der Waals surface area contributed by atoms with Crippen LogP contribution in [0.25, 0.3) is 0 Å². The lowest BCUT2D eigenvalue weighted by Crippen LogP contribution is -1.94. The first kappa shape index (κ1) is 14.4. The molecule has 0 spiro atoms. The van der Waals surface area contributed by atoms with Crippen LogP contribution in [-0.2, 0) is 0 Å². The SMILES string of the molecule is COc1ccc(C(C)CCCCCSC)cc1. The highest BCUT2D eigenvalue weighted by atomic mass is 32.2. The molecule has 96 valence electrons. The third kappa shape index (κ3) is 5.49. The third-order valence-corrected chi connectivity index (χ3v) is 3.87. The van der Waals surface area contributed by atoms with E-state index < -0.39 is 0 Å². The molecule has 0 bridgehead atoms. The molecule has 1 atom stereocenters. The molecule has 0 amide bonds. The van der Waals surface area contributed by atoms with Gasteiger partial charge in [0, 0.05) is 0 Å². The molecule has 0 saturated carbocycles. The average molecular weight is 252 g/mol. The summed E-state index contributed by atoms with van der Waals surface area (Å²) in [5.41, 5.74) is 1.43. The summed E-state index contributed by atoms with van der Waals surface area (Å²) in [6.07, 6.45) is 7.53. The summed E-state index contributed by atoms with van der Waals surface area (Å²) < 4.78 is 5.17. The van der Waals surface area contributed by atoms with Crippen molar-refractivity contribution in [2.45, 2.75) is 38.5 Å². The fourth-order valence-corrected chi connectivity index (χ4v) is 2.47. The number of rotatable bonds is 8. The maximum Gasteiger partial charge on any atom is 0.118 e. The van der Waals surface area contributed by atoms with E-state index in [4.69, 9.17) is 4.74 Å². The molecule has 0 radical (unpaired) electrons. The molecule has 0 saturated heterocycles.